The first-order chi connectivity index (χ1) is 27.8. The molecule has 0 aliphatic heterocycles. The predicted molar refractivity (Wildman–Crippen MR) is 217 cm³/mol. The zero-order valence-electron chi connectivity index (χ0n) is 34.3. The Balaban J connectivity index is 1.41. The van der Waals surface area contributed by atoms with Gasteiger partial charge in [-0.25, -0.2) is 14.7 Å². The molecule has 0 saturated heterocycles. The molecule has 7 rings (SSSR count). The van der Waals surface area contributed by atoms with E-state index in [9.17, 15) is 28.8 Å². The van der Waals surface area contributed by atoms with Gasteiger partial charge in [-0.2, -0.15) is 15.0 Å². The second-order valence-corrected chi connectivity index (χ2v) is 18.3. The van der Waals surface area contributed by atoms with E-state index in [1.54, 1.807) is 0 Å². The highest BCUT2D eigenvalue weighted by Crippen LogP contribution is 2.37. The van der Waals surface area contributed by atoms with Crippen LogP contribution in [0.5, 0.6) is 0 Å². The van der Waals surface area contributed by atoms with Gasteiger partial charge in [0.25, 0.3) is 0 Å². The molecule has 0 radical (unpaired) electrons. The fourth-order valence-corrected chi connectivity index (χ4v) is 10.8. The van der Waals surface area contributed by atoms with E-state index >= 15 is 0 Å². The molecule has 0 unspecified atom stereocenters. The Kier molecular flexibility index (Phi) is 14.5. The SMILES string of the molecule is O=C(C1CCCCC1)N(C(=O)C1CCCCC1)c1nc(N(C(=O)C2CCCCC2)C(=O)C2CCCCC2)nc(N(C(=O)C2CCCCC2)C(=O)C2CCCCC2)n1. The first-order valence-electron chi connectivity index (χ1n) is 23.2. The maximum atomic E-state index is 14.8. The lowest BCUT2D eigenvalue weighted by Crippen LogP contribution is -2.49. The molecule has 6 aliphatic rings. The fraction of sp³-hybridized carbons (Fsp3) is 0.800. The van der Waals surface area contributed by atoms with Gasteiger partial charge in [-0.3, -0.25) is 28.8 Å². The molecule has 57 heavy (non-hydrogen) atoms. The molecule has 12 heteroatoms. The summed E-state index contributed by atoms with van der Waals surface area (Å²) < 4.78 is 0. The van der Waals surface area contributed by atoms with Crippen molar-refractivity contribution in [2.75, 3.05) is 14.7 Å². The highest BCUT2D eigenvalue weighted by molar-refractivity contribution is 6.18. The number of rotatable bonds is 9. The van der Waals surface area contributed by atoms with Crippen LogP contribution in [0.15, 0.2) is 0 Å². The van der Waals surface area contributed by atoms with Crippen LogP contribution in [0.1, 0.15) is 193 Å². The van der Waals surface area contributed by atoms with Crippen molar-refractivity contribution < 1.29 is 28.8 Å². The summed E-state index contributed by atoms with van der Waals surface area (Å²) in [6.45, 7) is 0. The molecule has 0 bridgehead atoms. The molecule has 12 nitrogen and oxygen atoms in total. The van der Waals surface area contributed by atoms with Crippen LogP contribution in [0, 0.1) is 35.5 Å². The highest BCUT2D eigenvalue weighted by Gasteiger charge is 2.43. The minimum absolute atomic E-state index is 0.281. The van der Waals surface area contributed by atoms with Crippen LogP contribution in [-0.2, 0) is 28.8 Å². The van der Waals surface area contributed by atoms with Gasteiger partial charge in [-0.1, -0.05) is 116 Å². The van der Waals surface area contributed by atoms with Gasteiger partial charge < -0.3 is 0 Å². The summed E-state index contributed by atoms with van der Waals surface area (Å²) >= 11 is 0. The molecule has 6 saturated carbocycles. The Morgan fingerprint density at radius 3 is 0.544 bits per heavy atom. The lowest BCUT2D eigenvalue weighted by molar-refractivity contribution is -0.133. The molecule has 6 amide bonds. The minimum atomic E-state index is -0.414. The monoisotopic (exact) mass is 787 g/mol. The van der Waals surface area contributed by atoms with E-state index in [-0.39, 0.29) is 53.3 Å². The van der Waals surface area contributed by atoms with Gasteiger partial charge in [0, 0.05) is 35.5 Å². The molecule has 1 heterocycles. The predicted octanol–water partition coefficient (Wildman–Crippen LogP) is 8.93. The largest absolute Gasteiger partial charge is 0.274 e. The summed E-state index contributed by atoms with van der Waals surface area (Å²) in [5.41, 5.74) is 0. The number of hydrogen-bond acceptors (Lipinski definition) is 9. The number of hydrogen-bond donors (Lipinski definition) is 0. The van der Waals surface area contributed by atoms with E-state index in [2.05, 4.69) is 0 Å². The standard InChI is InChI=1S/C45H66N6O6/c52-37(31-19-7-1-8-20-31)49(38(53)32-21-9-2-10-22-32)43-46-44(50(39(54)33-23-11-3-12-24-33)40(55)34-25-13-4-14-26-34)48-45(47-43)51(41(56)35-27-15-5-16-28-35)42(57)36-29-17-6-18-30-36/h31-36H,1-30H2. The summed E-state index contributed by atoms with van der Waals surface area (Å²) in [6, 6.07) is 0. The summed E-state index contributed by atoms with van der Waals surface area (Å²) in [4.78, 5) is 106. The van der Waals surface area contributed by atoms with Crippen molar-refractivity contribution >= 4 is 53.3 Å². The summed E-state index contributed by atoms with van der Waals surface area (Å²) in [7, 11) is 0. The Bertz CT molecular complexity index is 1310. The molecule has 1 aromatic rings. The van der Waals surface area contributed by atoms with Gasteiger partial charge in [0.15, 0.2) is 0 Å². The second-order valence-electron chi connectivity index (χ2n) is 18.3. The summed E-state index contributed by atoms with van der Waals surface area (Å²) in [6.07, 6.45) is 24.2. The number of anilines is 3. The summed E-state index contributed by atoms with van der Waals surface area (Å²) in [5.74, 6) is -5.66. The Morgan fingerprint density at radius 2 is 0.404 bits per heavy atom. The van der Waals surface area contributed by atoms with Gasteiger partial charge in [0.2, 0.25) is 53.3 Å². The summed E-state index contributed by atoms with van der Waals surface area (Å²) in [5, 5.41) is 0. The highest BCUT2D eigenvalue weighted by atomic mass is 16.2. The minimum Gasteiger partial charge on any atom is -0.274 e. The van der Waals surface area contributed by atoms with E-state index in [1.165, 1.54) is 0 Å². The smallest absolute Gasteiger partial charge is 0.245 e. The third-order valence-corrected chi connectivity index (χ3v) is 14.2. The maximum Gasteiger partial charge on any atom is 0.245 e. The fourth-order valence-electron chi connectivity index (χ4n) is 10.8. The quantitative estimate of drug-likeness (QED) is 0.224. The van der Waals surface area contributed by atoms with Crippen LogP contribution in [-0.4, -0.2) is 50.4 Å². The Labute approximate surface area is 339 Å². The maximum absolute atomic E-state index is 14.8. The third kappa shape index (κ3) is 9.84. The second kappa shape index (κ2) is 19.9. The van der Waals surface area contributed by atoms with Gasteiger partial charge in [0.1, 0.15) is 0 Å². The zero-order chi connectivity index (χ0) is 39.7. The van der Waals surface area contributed by atoms with E-state index in [1.807, 2.05) is 0 Å². The molecule has 312 valence electrons. The molecule has 0 atom stereocenters. The van der Waals surface area contributed by atoms with Crippen LogP contribution in [0.4, 0.5) is 17.8 Å². The van der Waals surface area contributed by atoms with Crippen molar-refractivity contribution in [1.29, 1.82) is 0 Å². The molecule has 0 aromatic carbocycles. The normalized spacial score (nSPS) is 22.7. The Hall–Kier alpha value is -3.57. The first-order valence-corrected chi connectivity index (χ1v) is 23.2. The molecule has 0 spiro atoms. The van der Waals surface area contributed by atoms with Crippen LogP contribution < -0.4 is 14.7 Å². The third-order valence-electron chi connectivity index (χ3n) is 14.2. The first kappa shape index (κ1) is 41.6. The van der Waals surface area contributed by atoms with E-state index in [0.29, 0.717) is 77.0 Å². The lowest BCUT2D eigenvalue weighted by atomic mass is 9.86. The van der Waals surface area contributed by atoms with Crippen molar-refractivity contribution in [2.24, 2.45) is 35.5 Å². The number of carbonyl (C=O) groups excluding carboxylic acids is 6. The van der Waals surface area contributed by atoms with Gasteiger partial charge >= 0.3 is 0 Å². The molecular weight excluding hydrogens is 721 g/mol. The van der Waals surface area contributed by atoms with E-state index in [0.717, 1.165) is 130 Å². The van der Waals surface area contributed by atoms with Crippen LogP contribution in [0.25, 0.3) is 0 Å². The van der Waals surface area contributed by atoms with E-state index in [4.69, 9.17) is 15.0 Å². The topological polar surface area (TPSA) is 151 Å². The number of carbonyl (C=O) groups is 6. The van der Waals surface area contributed by atoms with E-state index < -0.39 is 35.5 Å². The molecule has 0 N–H and O–H groups in total. The number of amides is 6. The van der Waals surface area contributed by atoms with Crippen LogP contribution in [0.2, 0.25) is 0 Å². The molecular formula is C45H66N6O6. The zero-order valence-corrected chi connectivity index (χ0v) is 34.3. The Morgan fingerprint density at radius 1 is 0.263 bits per heavy atom. The van der Waals surface area contributed by atoms with Crippen molar-refractivity contribution in [2.45, 2.75) is 193 Å². The van der Waals surface area contributed by atoms with Crippen molar-refractivity contribution in [1.82, 2.24) is 15.0 Å². The van der Waals surface area contributed by atoms with Crippen LogP contribution >= 0.6 is 0 Å². The number of imide groups is 3. The van der Waals surface area contributed by atoms with Crippen molar-refractivity contribution in [3.05, 3.63) is 0 Å². The number of nitrogens with zero attached hydrogens (tertiary/aromatic N) is 6. The van der Waals surface area contributed by atoms with Gasteiger partial charge in [-0.05, 0) is 77.0 Å². The molecule has 1 aromatic heterocycles. The van der Waals surface area contributed by atoms with Crippen LogP contribution in [0.3, 0.4) is 0 Å². The lowest BCUT2D eigenvalue weighted by Gasteiger charge is -2.34. The van der Waals surface area contributed by atoms with Crippen molar-refractivity contribution in [3.8, 4) is 0 Å². The number of aromatic nitrogens is 3. The van der Waals surface area contributed by atoms with Gasteiger partial charge in [-0.15, -0.1) is 0 Å². The average Bonchev–Trinajstić information content (AvgIpc) is 3.28. The molecule has 6 aliphatic carbocycles. The molecule has 6 fully saturated rings. The van der Waals surface area contributed by atoms with Crippen molar-refractivity contribution in [3.63, 3.8) is 0 Å². The average molecular weight is 787 g/mol. The van der Waals surface area contributed by atoms with Gasteiger partial charge in [0.05, 0.1) is 0 Å².